The average molecular weight is 203 g/mol. The number of aliphatic hydroxyl groups is 2. The van der Waals surface area contributed by atoms with Crippen LogP contribution in [0.2, 0.25) is 0 Å². The molecule has 0 aliphatic heterocycles. The molecule has 0 aromatic carbocycles. The van der Waals surface area contributed by atoms with Crippen molar-refractivity contribution in [3.63, 3.8) is 0 Å². The van der Waals surface area contributed by atoms with E-state index in [1.165, 1.54) is 17.5 Å². The molecule has 0 aliphatic carbocycles. The molecule has 0 atom stereocenters. The van der Waals surface area contributed by atoms with Crippen LogP contribution in [0.25, 0.3) is 0 Å². The van der Waals surface area contributed by atoms with E-state index < -0.39 is 5.54 Å². The summed E-state index contributed by atoms with van der Waals surface area (Å²) in [4.78, 5) is 3.96. The number of aromatic nitrogens is 1. The summed E-state index contributed by atoms with van der Waals surface area (Å²) in [7, 11) is 0. The van der Waals surface area contributed by atoms with E-state index in [-0.39, 0.29) is 13.2 Å². The smallest absolute Gasteiger partial charge is 0.185 e. The van der Waals surface area contributed by atoms with Crippen molar-refractivity contribution in [2.45, 2.75) is 12.5 Å². The topological polar surface area (TPSA) is 91.4 Å². The molecule has 0 aliphatic rings. The normalized spacial score (nSPS) is 11.6. The van der Waals surface area contributed by atoms with Gasteiger partial charge in [0.1, 0.15) is 5.00 Å². The summed E-state index contributed by atoms with van der Waals surface area (Å²) < 4.78 is 0. The molecule has 0 fully saturated rings. The van der Waals surface area contributed by atoms with Crippen molar-refractivity contribution in [2.24, 2.45) is 0 Å². The number of nitrogens with zero attached hydrogens (tertiary/aromatic N) is 1. The van der Waals surface area contributed by atoms with Crippen LogP contribution in [0.4, 0.5) is 10.1 Å². The molecule has 74 valence electrons. The Morgan fingerprint density at radius 1 is 1.62 bits per heavy atom. The van der Waals surface area contributed by atoms with Gasteiger partial charge in [-0.3, -0.25) is 0 Å². The molecule has 0 amide bonds. The Kier molecular flexibility index (Phi) is 3.07. The molecular weight excluding hydrogens is 190 g/mol. The molecule has 0 radical (unpaired) electrons. The highest BCUT2D eigenvalue weighted by molar-refractivity contribution is 7.19. The van der Waals surface area contributed by atoms with Gasteiger partial charge in [-0.25, -0.2) is 4.98 Å². The highest BCUT2D eigenvalue weighted by Crippen LogP contribution is 2.22. The molecule has 5 N–H and O–H groups in total. The maximum absolute atomic E-state index is 8.98. The summed E-state index contributed by atoms with van der Waals surface area (Å²) in [6.07, 6.45) is 1.53. The summed E-state index contributed by atoms with van der Waals surface area (Å²) in [5.41, 5.74) is 4.73. The predicted octanol–water partition coefficient (Wildman–Crippen LogP) is -0.120. The Morgan fingerprint density at radius 3 is 2.62 bits per heavy atom. The monoisotopic (exact) mass is 203 g/mol. The quantitative estimate of drug-likeness (QED) is 0.547. The van der Waals surface area contributed by atoms with Gasteiger partial charge in [0, 0.05) is 0 Å². The zero-order valence-corrected chi connectivity index (χ0v) is 8.14. The van der Waals surface area contributed by atoms with Gasteiger partial charge in [0.25, 0.3) is 0 Å². The van der Waals surface area contributed by atoms with Crippen LogP contribution in [0, 0.1) is 0 Å². The minimum atomic E-state index is -0.746. The number of anilines is 2. The lowest BCUT2D eigenvalue weighted by atomic mass is 10.1. The summed E-state index contributed by atoms with van der Waals surface area (Å²) in [5, 5.41) is 22.1. The molecule has 0 saturated carbocycles. The van der Waals surface area contributed by atoms with Crippen molar-refractivity contribution in [3.05, 3.63) is 6.20 Å². The fourth-order valence-corrected chi connectivity index (χ4v) is 1.46. The third kappa shape index (κ3) is 2.55. The number of aliphatic hydroxyl groups excluding tert-OH is 2. The van der Waals surface area contributed by atoms with Crippen LogP contribution in [0.5, 0.6) is 0 Å². The van der Waals surface area contributed by atoms with Crippen LogP contribution in [0.1, 0.15) is 6.92 Å². The summed E-state index contributed by atoms with van der Waals surface area (Å²) >= 11 is 1.28. The number of nitrogens with two attached hydrogens (primary N) is 1. The Hall–Kier alpha value is -0.850. The fraction of sp³-hybridized carbons (Fsp3) is 0.571. The van der Waals surface area contributed by atoms with E-state index in [1.54, 1.807) is 6.92 Å². The molecule has 13 heavy (non-hydrogen) atoms. The number of rotatable bonds is 4. The Bertz CT molecular complexity index is 272. The van der Waals surface area contributed by atoms with E-state index in [0.29, 0.717) is 10.1 Å². The van der Waals surface area contributed by atoms with Crippen molar-refractivity contribution < 1.29 is 10.2 Å². The second-order valence-corrected chi connectivity index (χ2v) is 4.13. The van der Waals surface area contributed by atoms with Crippen LogP contribution in [0.15, 0.2) is 6.20 Å². The highest BCUT2D eigenvalue weighted by atomic mass is 32.1. The lowest BCUT2D eigenvalue weighted by molar-refractivity contribution is 0.147. The molecular formula is C7H13N3O2S. The Labute approximate surface area is 80.2 Å². The van der Waals surface area contributed by atoms with Gasteiger partial charge in [-0.15, -0.1) is 0 Å². The van der Waals surface area contributed by atoms with E-state index in [0.717, 1.165) is 0 Å². The first-order valence-electron chi connectivity index (χ1n) is 3.81. The first-order chi connectivity index (χ1) is 6.09. The van der Waals surface area contributed by atoms with Gasteiger partial charge in [-0.05, 0) is 6.92 Å². The number of thiazole rings is 1. The Balaban J connectivity index is 2.67. The molecule has 5 nitrogen and oxygen atoms in total. The van der Waals surface area contributed by atoms with E-state index in [1.807, 2.05) is 0 Å². The standard InChI is InChI=1S/C7H13N3O2S/c1-7(3-11,4-12)10-6-9-2-5(8)13-6/h2,11-12H,3-4,8H2,1H3,(H,9,10). The van der Waals surface area contributed by atoms with Gasteiger partial charge >= 0.3 is 0 Å². The van der Waals surface area contributed by atoms with Gasteiger partial charge in [0.05, 0.1) is 24.9 Å². The van der Waals surface area contributed by atoms with Crippen molar-refractivity contribution in [2.75, 3.05) is 24.3 Å². The largest absolute Gasteiger partial charge is 0.394 e. The van der Waals surface area contributed by atoms with Crippen molar-refractivity contribution in [1.29, 1.82) is 0 Å². The number of hydrogen-bond donors (Lipinski definition) is 4. The zero-order chi connectivity index (χ0) is 9.90. The second-order valence-electron chi connectivity index (χ2n) is 3.07. The van der Waals surface area contributed by atoms with Gasteiger partial charge in [0.15, 0.2) is 5.13 Å². The highest BCUT2D eigenvalue weighted by Gasteiger charge is 2.22. The predicted molar refractivity (Wildman–Crippen MR) is 52.7 cm³/mol. The molecule has 1 aromatic heterocycles. The summed E-state index contributed by atoms with van der Waals surface area (Å²) in [5.74, 6) is 0. The van der Waals surface area contributed by atoms with Gasteiger partial charge in [0.2, 0.25) is 0 Å². The average Bonchev–Trinajstić information content (AvgIpc) is 2.51. The van der Waals surface area contributed by atoms with Crippen molar-refractivity contribution in [3.8, 4) is 0 Å². The molecule has 1 heterocycles. The lowest BCUT2D eigenvalue weighted by Gasteiger charge is -2.25. The van der Waals surface area contributed by atoms with Gasteiger partial charge in [-0.2, -0.15) is 0 Å². The van der Waals surface area contributed by atoms with Crippen molar-refractivity contribution in [1.82, 2.24) is 4.98 Å². The molecule has 0 unspecified atom stereocenters. The van der Waals surface area contributed by atoms with Crippen LogP contribution in [0.3, 0.4) is 0 Å². The summed E-state index contributed by atoms with van der Waals surface area (Å²) in [6.45, 7) is 1.37. The molecule has 0 bridgehead atoms. The van der Waals surface area contributed by atoms with Crippen LogP contribution in [-0.4, -0.2) is 33.9 Å². The minimum Gasteiger partial charge on any atom is -0.394 e. The third-order valence-electron chi connectivity index (χ3n) is 1.63. The van der Waals surface area contributed by atoms with Crippen LogP contribution < -0.4 is 11.1 Å². The summed E-state index contributed by atoms with van der Waals surface area (Å²) in [6, 6.07) is 0. The van der Waals surface area contributed by atoms with Gasteiger partial charge < -0.3 is 21.3 Å². The van der Waals surface area contributed by atoms with Crippen LogP contribution in [-0.2, 0) is 0 Å². The number of nitrogens with one attached hydrogen (secondary N) is 1. The molecule has 0 spiro atoms. The molecule has 1 rings (SSSR count). The lowest BCUT2D eigenvalue weighted by Crippen LogP contribution is -2.42. The maximum atomic E-state index is 8.98. The van der Waals surface area contributed by atoms with Crippen LogP contribution >= 0.6 is 11.3 Å². The number of nitrogen functional groups attached to an aromatic ring is 1. The fourth-order valence-electron chi connectivity index (χ4n) is 0.732. The molecule has 0 saturated heterocycles. The van der Waals surface area contributed by atoms with E-state index in [2.05, 4.69) is 10.3 Å². The van der Waals surface area contributed by atoms with E-state index in [4.69, 9.17) is 15.9 Å². The SMILES string of the molecule is CC(CO)(CO)Nc1ncc(N)s1. The maximum Gasteiger partial charge on any atom is 0.185 e. The first-order valence-corrected chi connectivity index (χ1v) is 4.62. The minimum absolute atomic E-state index is 0.164. The zero-order valence-electron chi connectivity index (χ0n) is 7.32. The van der Waals surface area contributed by atoms with Crippen molar-refractivity contribution >= 4 is 21.5 Å². The first kappa shape index (κ1) is 10.2. The molecule has 6 heteroatoms. The van der Waals surface area contributed by atoms with E-state index >= 15 is 0 Å². The second kappa shape index (κ2) is 3.91. The van der Waals surface area contributed by atoms with E-state index in [9.17, 15) is 0 Å². The van der Waals surface area contributed by atoms with Gasteiger partial charge in [-0.1, -0.05) is 11.3 Å². The third-order valence-corrected chi connectivity index (χ3v) is 2.37. The molecule has 1 aromatic rings. The number of hydrogen-bond acceptors (Lipinski definition) is 6. The Morgan fingerprint density at radius 2 is 2.23 bits per heavy atom.